The molecule has 6 unspecified atom stereocenters. The first-order valence-electron chi connectivity index (χ1n) is 42.3. The van der Waals surface area contributed by atoms with Gasteiger partial charge in [0.1, 0.15) is 24.4 Å². The molecule has 105 heavy (non-hydrogen) atoms. The van der Waals surface area contributed by atoms with Gasteiger partial charge in [0.05, 0.1) is 74.1 Å². The van der Waals surface area contributed by atoms with E-state index in [-0.39, 0.29) is 85.8 Å². The number of hydrogen-bond acceptors (Lipinski definition) is 19. The van der Waals surface area contributed by atoms with E-state index in [1.807, 2.05) is 0 Å². The van der Waals surface area contributed by atoms with Crippen LogP contribution >= 0.6 is 0 Å². The maximum Gasteiger partial charge on any atom is 0.330 e. The van der Waals surface area contributed by atoms with Crippen molar-refractivity contribution in [3.05, 3.63) is 25.3 Å². The molecule has 0 aromatic rings. The molecule has 0 aromatic carbocycles. The summed E-state index contributed by atoms with van der Waals surface area (Å²) in [6.07, 6.45) is 38.5. The summed E-state index contributed by atoms with van der Waals surface area (Å²) < 4.78 is 66.6. The Kier molecular flexibility index (Phi) is 42.9. The molecule has 6 atom stereocenters. The molecule has 600 valence electrons. The summed E-state index contributed by atoms with van der Waals surface area (Å²) in [7, 11) is -4.32. The lowest BCUT2D eigenvalue weighted by Gasteiger charge is -2.36. The van der Waals surface area contributed by atoms with Crippen molar-refractivity contribution in [2.45, 2.75) is 371 Å². The van der Waals surface area contributed by atoms with Gasteiger partial charge in [0.25, 0.3) is 0 Å². The monoisotopic (exact) mass is 1510 g/mol. The first-order chi connectivity index (χ1) is 50.7. The molecule has 19 nitrogen and oxygen atoms in total. The number of carbonyl (C=O) groups is 8. The van der Waals surface area contributed by atoms with Crippen molar-refractivity contribution in [3.8, 4) is 0 Å². The largest absolute Gasteiger partial charge is 0.465 e. The molecule has 6 aliphatic rings. The van der Waals surface area contributed by atoms with Gasteiger partial charge in [-0.3, -0.25) is 28.8 Å². The predicted molar refractivity (Wildman–Crippen MR) is 411 cm³/mol. The molecular formula is C84H142O19Si2. The Morgan fingerprint density at radius 2 is 0.629 bits per heavy atom. The van der Waals surface area contributed by atoms with Gasteiger partial charge < -0.3 is 51.5 Å². The summed E-state index contributed by atoms with van der Waals surface area (Å²) in [5, 5.41) is 0. The Morgan fingerprint density at radius 3 is 0.981 bits per heavy atom. The maximum absolute atomic E-state index is 14.2. The molecule has 6 saturated carbocycles. The molecule has 0 spiro atoms. The Morgan fingerprint density at radius 1 is 0.324 bits per heavy atom. The maximum atomic E-state index is 14.2. The molecule has 0 saturated heterocycles. The summed E-state index contributed by atoms with van der Waals surface area (Å²) in [6.45, 7) is 22.8. The van der Waals surface area contributed by atoms with Gasteiger partial charge >= 0.3 is 47.8 Å². The van der Waals surface area contributed by atoms with E-state index >= 15 is 0 Å². The van der Waals surface area contributed by atoms with Crippen LogP contribution in [0, 0.1) is 47.3 Å². The van der Waals surface area contributed by atoms with Crippen molar-refractivity contribution in [3.63, 3.8) is 0 Å². The van der Waals surface area contributed by atoms with Gasteiger partial charge in [0, 0.05) is 38.2 Å². The van der Waals surface area contributed by atoms with E-state index < -0.39 is 76.8 Å². The highest BCUT2D eigenvalue weighted by Crippen LogP contribution is 2.40. The summed E-state index contributed by atoms with van der Waals surface area (Å²) in [5.41, 5.74) is 0. The third-order valence-corrected chi connectivity index (χ3v) is 31.0. The van der Waals surface area contributed by atoms with Crippen molar-refractivity contribution in [1.82, 2.24) is 0 Å². The van der Waals surface area contributed by atoms with Crippen LogP contribution in [-0.2, 0) is 89.8 Å². The van der Waals surface area contributed by atoms with Crippen molar-refractivity contribution in [2.75, 3.05) is 39.6 Å². The molecule has 0 bridgehead atoms. The molecule has 6 fully saturated rings. The Labute approximate surface area is 634 Å². The summed E-state index contributed by atoms with van der Waals surface area (Å²) in [5.74, 6) is -3.52. The zero-order chi connectivity index (χ0) is 75.7. The molecule has 6 rings (SSSR count). The molecule has 21 heteroatoms. The lowest BCUT2D eigenvalue weighted by Crippen LogP contribution is -2.44. The summed E-state index contributed by atoms with van der Waals surface area (Å²) >= 11 is 0. The van der Waals surface area contributed by atoms with Crippen LogP contribution in [0.5, 0.6) is 0 Å². The molecule has 0 radical (unpaired) electrons. The van der Waals surface area contributed by atoms with Gasteiger partial charge in [-0.1, -0.05) is 117 Å². The lowest BCUT2D eigenvalue weighted by atomic mass is 9.79. The van der Waals surface area contributed by atoms with Gasteiger partial charge in [0.15, 0.2) is 16.6 Å². The second-order valence-electron chi connectivity index (χ2n) is 33.2. The Bertz CT molecular complexity index is 2550. The number of esters is 8. The number of carbonyl (C=O) groups excluding carboxylic acids is 8. The zero-order valence-corrected chi connectivity index (χ0v) is 68.2. The van der Waals surface area contributed by atoms with Crippen LogP contribution in [0.1, 0.15) is 296 Å². The van der Waals surface area contributed by atoms with E-state index in [0.29, 0.717) is 102 Å². The van der Waals surface area contributed by atoms with E-state index in [9.17, 15) is 38.4 Å². The third kappa shape index (κ3) is 35.4. The van der Waals surface area contributed by atoms with Crippen molar-refractivity contribution < 1.29 is 89.8 Å². The van der Waals surface area contributed by atoms with Gasteiger partial charge in [0.2, 0.25) is 0 Å². The standard InChI is InChI=1S/C84H142O19Si2/c1-9-13-15-21-31-63-33-37-65(38-34-63)79(87)99-71-49-52-76(102-82(90)68-43-47-70(48-44-68)94-54-24-18-20-26-56-96-78(86)12-4)74(61-71)84(92)98-58-28-30-60-105(7,8)103-104(5,6)59-29-27-57-97-83(91)73-62-72(50-51-75(73)101-81(89)66-39-35-64(36-40-66)32-22-16-14-10-2)100-80(88)67-41-45-69(46-42-67)93-53-23-17-19-25-55-95-77(85)11-3/h11-12,63-76H,3-4,9-10,13-62H2,1-2,5-8H3. The number of rotatable bonds is 50. The predicted octanol–water partition coefficient (Wildman–Crippen LogP) is 18.6. The highest BCUT2D eigenvalue weighted by atomic mass is 28.4. The van der Waals surface area contributed by atoms with E-state index in [2.05, 4.69) is 53.2 Å². The number of ether oxygens (including phenoxy) is 10. The van der Waals surface area contributed by atoms with Gasteiger partial charge in [-0.25, -0.2) is 9.59 Å². The quantitative estimate of drug-likeness (QED) is 0.0181. The fraction of sp³-hybridized carbons (Fsp3) is 0.857. The van der Waals surface area contributed by atoms with Crippen LogP contribution in [0.15, 0.2) is 25.3 Å². The number of hydrogen-bond donors (Lipinski definition) is 0. The minimum atomic E-state index is -2.16. The lowest BCUT2D eigenvalue weighted by molar-refractivity contribution is -0.178. The molecule has 0 heterocycles. The third-order valence-electron chi connectivity index (χ3n) is 23.5. The molecule has 6 aliphatic carbocycles. The minimum Gasteiger partial charge on any atom is -0.465 e. The SMILES string of the molecule is C=CC(=O)OCCCCCCOC1CCC(C(=O)OC2CCC(OC(=O)C3CCC(CCCCCC)CC3)C(C(=O)OCCCC[Si](C)(C)O[Si](C)(C)CCCCOC(=O)C3CC(OC(=O)C4CCC(CCCCCC)CC4)CCC3OC(=O)C3CCC(OCCCCCCOC(=O)C=C)CC3)C2)CC1. The topological polar surface area (TPSA) is 238 Å². The first kappa shape index (κ1) is 89.4. The highest BCUT2D eigenvalue weighted by molar-refractivity contribution is 6.84. The molecule has 0 N–H and O–H groups in total. The van der Waals surface area contributed by atoms with Crippen LogP contribution in [0.2, 0.25) is 38.3 Å². The van der Waals surface area contributed by atoms with E-state index in [1.54, 1.807) is 0 Å². The summed E-state index contributed by atoms with van der Waals surface area (Å²) in [4.78, 5) is 106. The molecule has 0 aliphatic heterocycles. The zero-order valence-electron chi connectivity index (χ0n) is 66.2. The van der Waals surface area contributed by atoms with Gasteiger partial charge in [-0.15, -0.1) is 0 Å². The Balaban J connectivity index is 0.927. The van der Waals surface area contributed by atoms with E-state index in [1.165, 1.54) is 76.4 Å². The Hall–Kier alpha value is -4.45. The second-order valence-corrected chi connectivity index (χ2v) is 42.0. The number of unbranched alkanes of at least 4 members (excludes halogenated alkanes) is 14. The minimum absolute atomic E-state index is 0.0832. The van der Waals surface area contributed by atoms with Crippen LogP contribution < -0.4 is 0 Å². The first-order valence-corrected chi connectivity index (χ1v) is 48.6. The van der Waals surface area contributed by atoms with Crippen LogP contribution in [0.3, 0.4) is 0 Å². The van der Waals surface area contributed by atoms with Crippen LogP contribution in [0.25, 0.3) is 0 Å². The van der Waals surface area contributed by atoms with Gasteiger partial charge in [-0.2, -0.15) is 0 Å². The molecule has 0 amide bonds. The van der Waals surface area contributed by atoms with E-state index in [0.717, 1.165) is 153 Å². The summed E-state index contributed by atoms with van der Waals surface area (Å²) in [6, 6.07) is 1.76. The average molecular weight is 1510 g/mol. The van der Waals surface area contributed by atoms with Crippen molar-refractivity contribution >= 4 is 64.4 Å². The normalized spacial score (nSPS) is 26.6. The molecular weight excluding hydrogens is 1370 g/mol. The molecule has 0 aromatic heterocycles. The van der Waals surface area contributed by atoms with Gasteiger partial charge in [-0.05, 0) is 230 Å². The van der Waals surface area contributed by atoms with Crippen molar-refractivity contribution in [1.29, 1.82) is 0 Å². The van der Waals surface area contributed by atoms with Crippen LogP contribution in [0.4, 0.5) is 0 Å². The van der Waals surface area contributed by atoms with Crippen molar-refractivity contribution in [2.24, 2.45) is 47.3 Å². The fourth-order valence-electron chi connectivity index (χ4n) is 17.0. The second kappa shape index (κ2) is 50.4. The smallest absolute Gasteiger partial charge is 0.330 e. The van der Waals surface area contributed by atoms with E-state index in [4.69, 9.17) is 51.5 Å². The van der Waals surface area contributed by atoms with Crippen LogP contribution in [-0.4, -0.2) is 141 Å². The fourth-order valence-corrected chi connectivity index (χ4v) is 26.0. The highest BCUT2D eigenvalue weighted by Gasteiger charge is 2.45. The average Bonchev–Trinajstić information content (AvgIpc) is 0.828.